The van der Waals surface area contributed by atoms with Gasteiger partial charge in [-0.2, -0.15) is 0 Å². The smallest absolute Gasteiger partial charge is 0.336 e. The molecule has 0 fully saturated rings. The molecular weight excluding hydrogens is 382 g/mol. The van der Waals surface area contributed by atoms with E-state index < -0.39 is 0 Å². The quantitative estimate of drug-likeness (QED) is 0.529. The first-order chi connectivity index (χ1) is 14.6. The Kier molecular flexibility index (Phi) is 4.56. The predicted molar refractivity (Wildman–Crippen MR) is 112 cm³/mol. The minimum Gasteiger partial charge on any atom is -0.497 e. The van der Waals surface area contributed by atoms with Gasteiger partial charge in [0.05, 0.1) is 13.4 Å². The molecule has 5 rings (SSSR count). The van der Waals surface area contributed by atoms with E-state index in [4.69, 9.17) is 18.3 Å². The molecule has 4 aromatic rings. The molecule has 0 spiro atoms. The van der Waals surface area contributed by atoms with Gasteiger partial charge in [0.2, 0.25) is 6.73 Å². The Hall–Kier alpha value is -3.51. The molecule has 152 valence electrons. The SMILES string of the molecule is COc1ccc(-c2cc(=O)oc3c(C)c4c(cc23)C[NH+](Cc2ccco2)CO4)cc1. The predicted octanol–water partition coefficient (Wildman–Crippen LogP) is 3.31. The Morgan fingerprint density at radius 3 is 2.70 bits per heavy atom. The van der Waals surface area contributed by atoms with Crippen LogP contribution in [0.3, 0.4) is 0 Å². The monoisotopic (exact) mass is 404 g/mol. The molecule has 0 saturated carbocycles. The van der Waals surface area contributed by atoms with Gasteiger partial charge < -0.3 is 18.3 Å². The molecule has 6 heteroatoms. The number of nitrogens with one attached hydrogen (secondary N) is 1. The summed E-state index contributed by atoms with van der Waals surface area (Å²) in [6.45, 7) is 4.02. The second kappa shape index (κ2) is 7.39. The van der Waals surface area contributed by atoms with Gasteiger partial charge >= 0.3 is 5.63 Å². The zero-order valence-corrected chi connectivity index (χ0v) is 16.9. The zero-order valence-electron chi connectivity index (χ0n) is 16.9. The number of furan rings is 1. The topological polar surface area (TPSA) is 66.2 Å². The van der Waals surface area contributed by atoms with Gasteiger partial charge in [0.15, 0.2) is 5.76 Å². The average molecular weight is 404 g/mol. The maximum absolute atomic E-state index is 12.3. The van der Waals surface area contributed by atoms with Crippen molar-refractivity contribution in [1.29, 1.82) is 0 Å². The number of rotatable bonds is 4. The fourth-order valence-electron chi connectivity index (χ4n) is 4.12. The van der Waals surface area contributed by atoms with Crippen molar-refractivity contribution in [3.05, 3.63) is 82.1 Å². The molecule has 0 amide bonds. The maximum Gasteiger partial charge on any atom is 0.336 e. The van der Waals surface area contributed by atoms with Crippen molar-refractivity contribution in [1.82, 2.24) is 0 Å². The summed E-state index contributed by atoms with van der Waals surface area (Å²) in [7, 11) is 1.63. The minimum atomic E-state index is -0.378. The summed E-state index contributed by atoms with van der Waals surface area (Å²) in [6.07, 6.45) is 1.69. The Labute approximate surface area is 173 Å². The molecular formula is C24H22NO5+. The van der Waals surface area contributed by atoms with Crippen molar-refractivity contribution in [2.75, 3.05) is 13.8 Å². The van der Waals surface area contributed by atoms with Crippen LogP contribution in [0.1, 0.15) is 16.9 Å². The van der Waals surface area contributed by atoms with Crippen LogP contribution in [-0.4, -0.2) is 13.8 Å². The van der Waals surface area contributed by atoms with Crippen molar-refractivity contribution in [3.8, 4) is 22.6 Å². The molecule has 1 N–H and O–H groups in total. The molecule has 0 saturated heterocycles. The lowest BCUT2D eigenvalue weighted by Crippen LogP contribution is -3.10. The molecule has 30 heavy (non-hydrogen) atoms. The van der Waals surface area contributed by atoms with E-state index in [1.165, 1.54) is 4.90 Å². The van der Waals surface area contributed by atoms with E-state index in [1.807, 2.05) is 43.3 Å². The van der Waals surface area contributed by atoms with Crippen molar-refractivity contribution < 1.29 is 23.2 Å². The van der Waals surface area contributed by atoms with Crippen LogP contribution in [0.25, 0.3) is 22.1 Å². The number of ether oxygens (including phenoxy) is 2. The molecule has 6 nitrogen and oxygen atoms in total. The van der Waals surface area contributed by atoms with Crippen molar-refractivity contribution in [2.24, 2.45) is 0 Å². The summed E-state index contributed by atoms with van der Waals surface area (Å²) in [4.78, 5) is 13.6. The first-order valence-electron chi connectivity index (χ1n) is 9.86. The Bertz CT molecular complexity index is 1260. The highest BCUT2D eigenvalue weighted by Gasteiger charge is 2.26. The highest BCUT2D eigenvalue weighted by atomic mass is 16.5. The molecule has 0 radical (unpaired) electrons. The zero-order chi connectivity index (χ0) is 20.7. The minimum absolute atomic E-state index is 0.378. The lowest BCUT2D eigenvalue weighted by molar-refractivity contribution is -0.946. The number of methoxy groups -OCH3 is 1. The number of quaternary nitrogens is 1. The first-order valence-corrected chi connectivity index (χ1v) is 9.86. The van der Waals surface area contributed by atoms with Gasteiger partial charge in [-0.15, -0.1) is 0 Å². The largest absolute Gasteiger partial charge is 0.497 e. The highest BCUT2D eigenvalue weighted by Crippen LogP contribution is 2.36. The van der Waals surface area contributed by atoms with E-state index in [-0.39, 0.29) is 5.63 Å². The van der Waals surface area contributed by atoms with E-state index in [0.29, 0.717) is 12.3 Å². The molecule has 2 aromatic heterocycles. The number of benzene rings is 2. The Morgan fingerprint density at radius 1 is 1.13 bits per heavy atom. The summed E-state index contributed by atoms with van der Waals surface area (Å²) >= 11 is 0. The number of aryl methyl sites for hydroxylation is 1. The summed E-state index contributed by atoms with van der Waals surface area (Å²) in [5.41, 5.74) is 3.92. The average Bonchev–Trinajstić information content (AvgIpc) is 3.27. The van der Waals surface area contributed by atoms with Crippen molar-refractivity contribution >= 4 is 11.0 Å². The van der Waals surface area contributed by atoms with Crippen molar-refractivity contribution in [2.45, 2.75) is 20.0 Å². The third-order valence-electron chi connectivity index (χ3n) is 5.56. The summed E-state index contributed by atoms with van der Waals surface area (Å²) < 4.78 is 22.4. The van der Waals surface area contributed by atoms with Gasteiger partial charge in [-0.1, -0.05) is 12.1 Å². The van der Waals surface area contributed by atoms with E-state index >= 15 is 0 Å². The number of hydrogen-bond donors (Lipinski definition) is 1. The van der Waals surface area contributed by atoms with Crippen LogP contribution >= 0.6 is 0 Å². The molecule has 2 aromatic carbocycles. The van der Waals surface area contributed by atoms with Gasteiger partial charge in [-0.05, 0) is 48.4 Å². The highest BCUT2D eigenvalue weighted by molar-refractivity contribution is 5.96. The maximum atomic E-state index is 12.3. The van der Waals surface area contributed by atoms with Crippen LogP contribution in [-0.2, 0) is 13.1 Å². The fraction of sp³-hybridized carbons (Fsp3) is 0.208. The fourth-order valence-corrected chi connectivity index (χ4v) is 4.12. The number of hydrogen-bond acceptors (Lipinski definition) is 5. The van der Waals surface area contributed by atoms with Gasteiger partial charge in [0.1, 0.15) is 30.2 Å². The van der Waals surface area contributed by atoms with Gasteiger partial charge in [0.25, 0.3) is 0 Å². The lowest BCUT2D eigenvalue weighted by atomic mass is 9.97. The normalized spacial score (nSPS) is 15.6. The third-order valence-corrected chi connectivity index (χ3v) is 5.56. The van der Waals surface area contributed by atoms with Gasteiger partial charge in [0, 0.05) is 22.6 Å². The molecule has 3 heterocycles. The molecule has 1 aliphatic heterocycles. The molecule has 1 atom stereocenters. The van der Waals surface area contributed by atoms with Crippen LogP contribution in [0.2, 0.25) is 0 Å². The first kappa shape index (κ1) is 18.5. The van der Waals surface area contributed by atoms with Gasteiger partial charge in [-0.25, -0.2) is 4.79 Å². The van der Waals surface area contributed by atoms with Crippen LogP contribution < -0.4 is 20.0 Å². The Morgan fingerprint density at radius 2 is 1.97 bits per heavy atom. The number of fused-ring (bicyclic) bond motifs is 2. The van der Waals surface area contributed by atoms with E-state index in [9.17, 15) is 4.79 Å². The molecule has 0 bridgehead atoms. The van der Waals surface area contributed by atoms with Crippen LogP contribution in [0.15, 0.2) is 68.4 Å². The molecule has 1 aliphatic rings. The summed E-state index contributed by atoms with van der Waals surface area (Å²) in [5, 5.41) is 0.902. The third kappa shape index (κ3) is 3.25. The Balaban J connectivity index is 1.61. The second-order valence-corrected chi connectivity index (χ2v) is 7.55. The molecule has 0 aliphatic carbocycles. The van der Waals surface area contributed by atoms with Crippen LogP contribution in [0.5, 0.6) is 11.5 Å². The second-order valence-electron chi connectivity index (χ2n) is 7.55. The molecule has 1 unspecified atom stereocenters. The van der Waals surface area contributed by atoms with E-state index in [1.54, 1.807) is 19.4 Å². The van der Waals surface area contributed by atoms with Gasteiger partial charge in [-0.3, -0.25) is 4.90 Å². The van der Waals surface area contributed by atoms with Crippen LogP contribution in [0, 0.1) is 6.92 Å². The van der Waals surface area contributed by atoms with Crippen LogP contribution in [0.4, 0.5) is 0 Å². The summed E-state index contributed by atoms with van der Waals surface area (Å²) in [5.74, 6) is 2.50. The van der Waals surface area contributed by atoms with E-state index in [0.717, 1.165) is 58.0 Å². The van der Waals surface area contributed by atoms with Crippen molar-refractivity contribution in [3.63, 3.8) is 0 Å². The standard InChI is InChI=1S/C24H21NO5/c1-15-23-17(12-25(14-29-23)13-19-4-3-9-28-19)10-21-20(11-22(26)30-24(15)21)16-5-7-18(27-2)8-6-16/h3-11H,12-14H2,1-2H3/p+1. The van der Waals surface area contributed by atoms with E-state index in [2.05, 4.69) is 6.07 Å². The lowest BCUT2D eigenvalue weighted by Gasteiger charge is -2.27. The summed E-state index contributed by atoms with van der Waals surface area (Å²) in [6, 6.07) is 15.2.